The highest BCUT2D eigenvalue weighted by atomic mass is 32.2. The number of hydrogen-bond acceptors (Lipinski definition) is 5. The fraction of sp³-hybridized carbons (Fsp3) is 0.600. The lowest BCUT2D eigenvalue weighted by Gasteiger charge is -2.21. The van der Waals surface area contributed by atoms with E-state index in [1.807, 2.05) is 0 Å². The van der Waals surface area contributed by atoms with Gasteiger partial charge in [0, 0.05) is 12.1 Å². The van der Waals surface area contributed by atoms with Gasteiger partial charge in [0.15, 0.2) is 21.3 Å². The summed E-state index contributed by atoms with van der Waals surface area (Å²) in [5.41, 5.74) is 6.11. The molecular weight excluding hydrogens is 290 g/mol. The minimum absolute atomic E-state index is 0.00267. The molecule has 1 fully saturated rings. The highest BCUT2D eigenvalue weighted by Gasteiger charge is 2.28. The fourth-order valence-electron chi connectivity index (χ4n) is 3.09. The summed E-state index contributed by atoms with van der Waals surface area (Å²) < 4.78 is 35.9. The lowest BCUT2D eigenvalue weighted by Crippen LogP contribution is -2.35. The van der Waals surface area contributed by atoms with Crippen LogP contribution in [0.5, 0.6) is 11.5 Å². The summed E-state index contributed by atoms with van der Waals surface area (Å²) in [6, 6.07) is 4.49. The molecule has 1 aromatic carbocycles. The molecule has 1 unspecified atom stereocenters. The number of sulfone groups is 1. The molecule has 0 bridgehead atoms. The van der Waals surface area contributed by atoms with Crippen LogP contribution in [0.15, 0.2) is 23.1 Å². The number of ether oxygens (including phenoxy) is 2. The number of hydrogen-bond donors (Lipinski definition) is 1. The molecule has 1 aromatic rings. The quantitative estimate of drug-likeness (QED) is 0.916. The van der Waals surface area contributed by atoms with Gasteiger partial charge in [-0.3, -0.25) is 0 Å². The van der Waals surface area contributed by atoms with Crippen LogP contribution >= 0.6 is 0 Å². The number of fused-ring (bicyclic) bond motifs is 1. The predicted molar refractivity (Wildman–Crippen MR) is 79.4 cm³/mol. The van der Waals surface area contributed by atoms with E-state index >= 15 is 0 Å². The van der Waals surface area contributed by atoms with E-state index in [1.165, 1.54) is 0 Å². The smallest absolute Gasteiger partial charge is 0.180 e. The zero-order chi connectivity index (χ0) is 14.9. The van der Waals surface area contributed by atoms with Crippen LogP contribution in [0, 0.1) is 5.92 Å². The van der Waals surface area contributed by atoms with Crippen LogP contribution in [0.1, 0.15) is 25.7 Å². The molecular formula is C15H21NO4S. The molecule has 1 atom stereocenters. The molecule has 2 aliphatic rings. The van der Waals surface area contributed by atoms with Crippen molar-refractivity contribution in [3.8, 4) is 11.5 Å². The van der Waals surface area contributed by atoms with Crippen molar-refractivity contribution in [2.75, 3.05) is 19.0 Å². The molecule has 1 heterocycles. The second-order valence-electron chi connectivity index (χ2n) is 5.80. The molecule has 21 heavy (non-hydrogen) atoms. The first-order valence-electron chi connectivity index (χ1n) is 7.44. The van der Waals surface area contributed by atoms with Gasteiger partial charge in [0.05, 0.1) is 10.6 Å². The molecule has 5 nitrogen and oxygen atoms in total. The first-order valence-corrected chi connectivity index (χ1v) is 9.09. The Labute approximate surface area is 125 Å². The van der Waals surface area contributed by atoms with Gasteiger partial charge in [0.25, 0.3) is 0 Å². The highest BCUT2D eigenvalue weighted by molar-refractivity contribution is 7.91. The van der Waals surface area contributed by atoms with E-state index in [9.17, 15) is 8.42 Å². The Bertz CT molecular complexity index is 608. The van der Waals surface area contributed by atoms with Gasteiger partial charge in [-0.25, -0.2) is 8.42 Å². The summed E-state index contributed by atoms with van der Waals surface area (Å²) in [6.07, 6.45) is 4.39. The summed E-state index contributed by atoms with van der Waals surface area (Å²) >= 11 is 0. The molecule has 3 rings (SSSR count). The van der Waals surface area contributed by atoms with Gasteiger partial charge in [-0.2, -0.15) is 0 Å². The van der Waals surface area contributed by atoms with Crippen LogP contribution in [-0.4, -0.2) is 33.4 Å². The van der Waals surface area contributed by atoms with Crippen molar-refractivity contribution in [1.29, 1.82) is 0 Å². The highest BCUT2D eigenvalue weighted by Crippen LogP contribution is 2.33. The lowest BCUT2D eigenvalue weighted by atomic mass is 10.0. The second kappa shape index (κ2) is 5.85. The van der Waals surface area contributed by atoms with Gasteiger partial charge in [0.2, 0.25) is 0 Å². The summed E-state index contributed by atoms with van der Waals surface area (Å²) in [6.45, 7) is 0.934. The maximum absolute atomic E-state index is 12.5. The molecule has 1 aliphatic carbocycles. The topological polar surface area (TPSA) is 78.6 Å². The molecule has 1 saturated carbocycles. The second-order valence-corrected chi connectivity index (χ2v) is 7.83. The van der Waals surface area contributed by atoms with Crippen LogP contribution in [0.4, 0.5) is 0 Å². The third-order valence-electron chi connectivity index (χ3n) is 4.29. The first-order chi connectivity index (χ1) is 10.1. The Morgan fingerprint density at radius 1 is 1.14 bits per heavy atom. The minimum Gasteiger partial charge on any atom is -0.486 e. The molecule has 0 radical (unpaired) electrons. The van der Waals surface area contributed by atoms with E-state index in [0.717, 1.165) is 25.7 Å². The third-order valence-corrected chi connectivity index (χ3v) is 6.09. The van der Waals surface area contributed by atoms with Gasteiger partial charge in [-0.1, -0.05) is 12.8 Å². The molecule has 6 heteroatoms. The van der Waals surface area contributed by atoms with Crippen LogP contribution in [0.3, 0.4) is 0 Å². The standard InChI is InChI=1S/C15H21NO4S/c16-13(11-3-1-2-4-11)10-21(17,18)12-5-6-14-15(9-12)20-8-7-19-14/h5-6,9,11,13H,1-4,7-8,10,16H2. The largest absolute Gasteiger partial charge is 0.486 e. The van der Waals surface area contributed by atoms with Gasteiger partial charge >= 0.3 is 0 Å². The SMILES string of the molecule is NC(CS(=O)(=O)c1ccc2c(c1)OCCO2)C1CCCC1. The molecule has 0 aromatic heterocycles. The van der Waals surface area contributed by atoms with E-state index in [0.29, 0.717) is 30.6 Å². The average Bonchev–Trinajstić information content (AvgIpc) is 3.00. The zero-order valence-corrected chi connectivity index (χ0v) is 12.8. The van der Waals surface area contributed by atoms with Gasteiger partial charge in [-0.15, -0.1) is 0 Å². The molecule has 1 aliphatic heterocycles. The molecule has 2 N–H and O–H groups in total. The molecule has 0 amide bonds. The van der Waals surface area contributed by atoms with Crippen molar-refractivity contribution in [2.45, 2.75) is 36.6 Å². The Kier molecular flexibility index (Phi) is 4.08. The van der Waals surface area contributed by atoms with Crippen molar-refractivity contribution >= 4 is 9.84 Å². The van der Waals surface area contributed by atoms with Crippen molar-refractivity contribution < 1.29 is 17.9 Å². The van der Waals surface area contributed by atoms with Crippen LogP contribution in [0.25, 0.3) is 0 Å². The normalized spacial score (nSPS) is 20.4. The monoisotopic (exact) mass is 311 g/mol. The van der Waals surface area contributed by atoms with Crippen LogP contribution in [-0.2, 0) is 9.84 Å². The lowest BCUT2D eigenvalue weighted by molar-refractivity contribution is 0.171. The summed E-state index contributed by atoms with van der Waals surface area (Å²) in [4.78, 5) is 0.264. The van der Waals surface area contributed by atoms with E-state index < -0.39 is 9.84 Å². The molecule has 116 valence electrons. The van der Waals surface area contributed by atoms with Crippen molar-refractivity contribution in [1.82, 2.24) is 0 Å². The number of rotatable bonds is 4. The minimum atomic E-state index is -3.39. The number of nitrogens with two attached hydrogens (primary N) is 1. The third kappa shape index (κ3) is 3.16. The van der Waals surface area contributed by atoms with Crippen molar-refractivity contribution in [2.24, 2.45) is 11.7 Å². The zero-order valence-electron chi connectivity index (χ0n) is 12.0. The van der Waals surface area contributed by atoms with Gasteiger partial charge < -0.3 is 15.2 Å². The Balaban J connectivity index is 1.77. The molecule has 0 spiro atoms. The summed E-state index contributed by atoms with van der Waals surface area (Å²) in [5, 5.41) is 0. The maximum Gasteiger partial charge on any atom is 0.180 e. The number of benzene rings is 1. The van der Waals surface area contributed by atoms with Crippen LogP contribution < -0.4 is 15.2 Å². The maximum atomic E-state index is 12.5. The van der Waals surface area contributed by atoms with E-state index in [-0.39, 0.29) is 16.7 Å². The van der Waals surface area contributed by atoms with Gasteiger partial charge in [0.1, 0.15) is 13.2 Å². The van der Waals surface area contributed by atoms with E-state index in [4.69, 9.17) is 15.2 Å². The van der Waals surface area contributed by atoms with Crippen molar-refractivity contribution in [3.63, 3.8) is 0 Å². The molecule has 0 saturated heterocycles. The average molecular weight is 311 g/mol. The van der Waals surface area contributed by atoms with Crippen LogP contribution in [0.2, 0.25) is 0 Å². The van der Waals surface area contributed by atoms with E-state index in [2.05, 4.69) is 0 Å². The predicted octanol–water partition coefficient (Wildman–Crippen LogP) is 1.75. The fourth-order valence-corrected chi connectivity index (χ4v) is 4.62. The summed E-state index contributed by atoms with van der Waals surface area (Å²) in [7, 11) is -3.39. The Hall–Kier alpha value is -1.27. The van der Waals surface area contributed by atoms with Gasteiger partial charge in [-0.05, 0) is 30.9 Å². The Morgan fingerprint density at radius 2 is 1.81 bits per heavy atom. The first kappa shape index (κ1) is 14.7. The summed E-state index contributed by atoms with van der Waals surface area (Å²) in [5.74, 6) is 1.42. The van der Waals surface area contributed by atoms with Crippen molar-refractivity contribution in [3.05, 3.63) is 18.2 Å². The van der Waals surface area contributed by atoms with E-state index in [1.54, 1.807) is 18.2 Å². The Morgan fingerprint density at radius 3 is 2.52 bits per heavy atom.